The quantitative estimate of drug-likeness (QED) is 0.436. The molecule has 3 aromatic rings. The Bertz CT molecular complexity index is 1090. The van der Waals surface area contributed by atoms with E-state index in [1.54, 1.807) is 13.0 Å². The minimum absolute atomic E-state index is 0.0466. The smallest absolute Gasteiger partial charge is 0.250 e. The largest absolute Gasteiger partial charge is 0.371 e. The second-order valence-corrected chi connectivity index (χ2v) is 7.43. The number of anilines is 3. The summed E-state index contributed by atoms with van der Waals surface area (Å²) in [5, 5.41) is 6.38. The lowest BCUT2D eigenvalue weighted by Crippen LogP contribution is -2.37. The van der Waals surface area contributed by atoms with Crippen molar-refractivity contribution in [1.82, 2.24) is 4.37 Å². The van der Waals surface area contributed by atoms with Crippen LogP contribution >= 0.6 is 11.5 Å². The Labute approximate surface area is 175 Å². The van der Waals surface area contributed by atoms with Crippen molar-refractivity contribution in [2.24, 2.45) is 11.5 Å². The molecule has 0 saturated heterocycles. The van der Waals surface area contributed by atoms with Crippen LogP contribution in [-0.4, -0.2) is 22.2 Å². The molecule has 6 N–H and O–H groups in total. The molecule has 7 nitrogen and oxygen atoms in total. The second kappa shape index (κ2) is 8.87. The normalized spacial score (nSPS) is 11.7. The summed E-state index contributed by atoms with van der Waals surface area (Å²) >= 11 is 1.16. The van der Waals surface area contributed by atoms with Crippen molar-refractivity contribution in [1.29, 1.82) is 0 Å². The van der Waals surface area contributed by atoms with Crippen molar-refractivity contribution in [3.05, 3.63) is 70.9 Å². The SMILES string of the molecule is Cc1cc(Nc2cc(N[C@H](Cc3ccc(F)cc3)C(N)=O)c(F)cc2C(N)=O)sn1. The Morgan fingerprint density at radius 1 is 1.10 bits per heavy atom. The van der Waals surface area contributed by atoms with Gasteiger partial charge >= 0.3 is 0 Å². The minimum Gasteiger partial charge on any atom is -0.371 e. The lowest BCUT2D eigenvalue weighted by atomic mass is 10.0. The predicted octanol–water partition coefficient (Wildman–Crippen LogP) is 3.08. The van der Waals surface area contributed by atoms with Crippen LogP contribution in [0.4, 0.5) is 25.2 Å². The van der Waals surface area contributed by atoms with Crippen LogP contribution in [0.1, 0.15) is 21.6 Å². The van der Waals surface area contributed by atoms with Gasteiger partial charge in [-0.25, -0.2) is 8.78 Å². The van der Waals surface area contributed by atoms with Gasteiger partial charge in [0.05, 0.1) is 22.6 Å². The molecule has 0 unspecified atom stereocenters. The van der Waals surface area contributed by atoms with Gasteiger partial charge in [0.15, 0.2) is 0 Å². The maximum absolute atomic E-state index is 14.6. The Hall–Kier alpha value is -3.53. The van der Waals surface area contributed by atoms with Crippen molar-refractivity contribution in [3.8, 4) is 0 Å². The van der Waals surface area contributed by atoms with Crippen molar-refractivity contribution in [2.45, 2.75) is 19.4 Å². The van der Waals surface area contributed by atoms with Gasteiger partial charge in [-0.1, -0.05) is 12.1 Å². The minimum atomic E-state index is -0.970. The summed E-state index contributed by atoms with van der Waals surface area (Å²) in [6.07, 6.45) is 0.115. The summed E-state index contributed by atoms with van der Waals surface area (Å²) in [7, 11) is 0. The highest BCUT2D eigenvalue weighted by Crippen LogP contribution is 2.30. The average molecular weight is 431 g/mol. The zero-order chi connectivity index (χ0) is 21.8. The molecule has 0 spiro atoms. The standard InChI is InChI=1S/C20H19F2N5O2S/c1-10-6-18(30-27-10)26-15-9-16(14(22)8-13(15)19(23)28)25-17(20(24)29)7-11-2-4-12(21)5-3-11/h2-6,8-9,17,25-26H,7H2,1H3,(H2,23,28)(H2,24,29)/t17-/m1/s1. The molecule has 0 saturated carbocycles. The highest BCUT2D eigenvalue weighted by atomic mass is 32.1. The number of rotatable bonds is 8. The molecule has 0 radical (unpaired) electrons. The maximum atomic E-state index is 14.6. The van der Waals surface area contributed by atoms with Crippen LogP contribution in [0.25, 0.3) is 0 Å². The van der Waals surface area contributed by atoms with Crippen molar-refractivity contribution in [3.63, 3.8) is 0 Å². The number of amides is 2. The first kappa shape index (κ1) is 21.2. The van der Waals surface area contributed by atoms with E-state index in [9.17, 15) is 18.4 Å². The van der Waals surface area contributed by atoms with Gasteiger partial charge in [-0.05, 0) is 54.4 Å². The molecule has 2 amide bonds. The maximum Gasteiger partial charge on any atom is 0.250 e. The lowest BCUT2D eigenvalue weighted by molar-refractivity contribution is -0.118. The molecule has 0 aliphatic rings. The molecule has 1 aromatic heterocycles. The zero-order valence-electron chi connectivity index (χ0n) is 15.9. The van der Waals surface area contributed by atoms with Crippen molar-refractivity contribution >= 4 is 39.7 Å². The van der Waals surface area contributed by atoms with Crippen LogP contribution in [-0.2, 0) is 11.2 Å². The van der Waals surface area contributed by atoms with E-state index < -0.39 is 29.5 Å². The molecule has 1 heterocycles. The number of nitrogens with two attached hydrogens (primary N) is 2. The van der Waals surface area contributed by atoms with Gasteiger partial charge in [-0.3, -0.25) is 9.59 Å². The van der Waals surface area contributed by atoms with Gasteiger partial charge in [0, 0.05) is 6.42 Å². The molecule has 1 atom stereocenters. The van der Waals surface area contributed by atoms with E-state index in [2.05, 4.69) is 15.0 Å². The van der Waals surface area contributed by atoms with E-state index in [0.29, 0.717) is 10.6 Å². The molecule has 0 bridgehead atoms. The monoisotopic (exact) mass is 431 g/mol. The number of benzene rings is 2. The van der Waals surface area contributed by atoms with E-state index in [0.717, 1.165) is 23.3 Å². The molecular weight excluding hydrogens is 412 g/mol. The van der Waals surface area contributed by atoms with Crippen LogP contribution in [0.3, 0.4) is 0 Å². The first-order chi connectivity index (χ1) is 14.2. The highest BCUT2D eigenvalue weighted by Gasteiger charge is 2.20. The van der Waals surface area contributed by atoms with E-state index in [-0.39, 0.29) is 23.4 Å². The number of carbonyl (C=O) groups excluding carboxylic acids is 2. The molecule has 3 rings (SSSR count). The molecule has 0 aliphatic heterocycles. The summed E-state index contributed by atoms with van der Waals surface area (Å²) in [5.41, 5.74) is 12.4. The van der Waals surface area contributed by atoms with Gasteiger partial charge in [0.1, 0.15) is 22.7 Å². The number of hydrogen-bond acceptors (Lipinski definition) is 6. The lowest BCUT2D eigenvalue weighted by Gasteiger charge is -2.19. The number of hydrogen-bond donors (Lipinski definition) is 4. The molecule has 0 aliphatic carbocycles. The Kier molecular flexibility index (Phi) is 6.26. The summed E-state index contributed by atoms with van der Waals surface area (Å²) in [6, 6.07) is 8.65. The van der Waals surface area contributed by atoms with Crippen LogP contribution in [0.15, 0.2) is 42.5 Å². The summed E-state index contributed by atoms with van der Waals surface area (Å²) in [4.78, 5) is 23.7. The number of nitrogens with one attached hydrogen (secondary N) is 2. The van der Waals surface area contributed by atoms with Gasteiger partial charge in [-0.15, -0.1) is 0 Å². The zero-order valence-corrected chi connectivity index (χ0v) is 16.7. The van der Waals surface area contributed by atoms with Crippen LogP contribution in [0.2, 0.25) is 0 Å². The number of nitrogens with zero attached hydrogens (tertiary/aromatic N) is 1. The number of aryl methyl sites for hydroxylation is 1. The molecule has 30 heavy (non-hydrogen) atoms. The first-order valence-electron chi connectivity index (χ1n) is 8.87. The van der Waals surface area contributed by atoms with Crippen LogP contribution in [0.5, 0.6) is 0 Å². The Balaban J connectivity index is 1.90. The van der Waals surface area contributed by atoms with Crippen LogP contribution < -0.4 is 22.1 Å². The van der Waals surface area contributed by atoms with Crippen LogP contribution in [0, 0.1) is 18.6 Å². The fourth-order valence-electron chi connectivity index (χ4n) is 2.81. The van der Waals surface area contributed by atoms with Gasteiger partial charge in [0.25, 0.3) is 5.91 Å². The van der Waals surface area contributed by atoms with E-state index >= 15 is 0 Å². The highest BCUT2D eigenvalue weighted by molar-refractivity contribution is 7.10. The molecule has 0 fully saturated rings. The molecular formula is C20H19F2N5O2S. The number of primary amides is 2. The summed E-state index contributed by atoms with van der Waals surface area (Å²) in [5.74, 6) is -2.73. The summed E-state index contributed by atoms with van der Waals surface area (Å²) < 4.78 is 31.9. The molecule has 10 heteroatoms. The van der Waals surface area contributed by atoms with Crippen molar-refractivity contribution in [2.75, 3.05) is 10.6 Å². The van der Waals surface area contributed by atoms with Gasteiger partial charge < -0.3 is 22.1 Å². The fourth-order valence-corrected chi connectivity index (χ4v) is 3.49. The molecule has 156 valence electrons. The third-order valence-electron chi connectivity index (χ3n) is 4.28. The number of halogens is 2. The first-order valence-corrected chi connectivity index (χ1v) is 9.64. The van der Waals surface area contributed by atoms with E-state index in [4.69, 9.17) is 11.5 Å². The second-order valence-electron chi connectivity index (χ2n) is 6.63. The Morgan fingerprint density at radius 3 is 2.37 bits per heavy atom. The predicted molar refractivity (Wildman–Crippen MR) is 112 cm³/mol. The topological polar surface area (TPSA) is 123 Å². The molecule has 2 aromatic carbocycles. The van der Waals surface area contributed by atoms with E-state index in [1.165, 1.54) is 30.3 Å². The van der Waals surface area contributed by atoms with Crippen molar-refractivity contribution < 1.29 is 18.4 Å². The number of carbonyl (C=O) groups is 2. The van der Waals surface area contributed by atoms with E-state index in [1.807, 2.05) is 0 Å². The average Bonchev–Trinajstić information content (AvgIpc) is 3.09. The van der Waals surface area contributed by atoms with Gasteiger partial charge in [0.2, 0.25) is 5.91 Å². The third-order valence-corrected chi connectivity index (χ3v) is 5.08. The fraction of sp³-hybridized carbons (Fsp3) is 0.150. The number of aromatic nitrogens is 1. The Morgan fingerprint density at radius 2 is 1.80 bits per heavy atom. The summed E-state index contributed by atoms with van der Waals surface area (Å²) in [6.45, 7) is 1.81. The third kappa shape index (κ3) is 5.09. The van der Waals surface area contributed by atoms with Gasteiger partial charge in [-0.2, -0.15) is 4.37 Å².